The summed E-state index contributed by atoms with van der Waals surface area (Å²) in [5, 5.41) is 2.55. The van der Waals surface area contributed by atoms with Crippen molar-refractivity contribution in [3.8, 4) is 39.5 Å². The van der Waals surface area contributed by atoms with Crippen LogP contribution in [-0.4, -0.2) is 14.5 Å². The summed E-state index contributed by atoms with van der Waals surface area (Å²) < 4.78 is 2.35. The van der Waals surface area contributed by atoms with Crippen LogP contribution in [0.4, 0.5) is 0 Å². The Bertz CT molecular complexity index is 2100. The van der Waals surface area contributed by atoms with Crippen LogP contribution in [0.25, 0.3) is 66.8 Å². The highest BCUT2D eigenvalue weighted by molar-refractivity contribution is 6.09. The summed E-state index contributed by atoms with van der Waals surface area (Å²) in [5.41, 5.74) is 11.1. The molecule has 0 saturated carbocycles. The lowest BCUT2D eigenvalue weighted by Gasteiger charge is -2.12. The highest BCUT2D eigenvalue weighted by Gasteiger charge is 2.13. The standard InChI is InChI=1S/C40H29N3/c1-3-11-30(12-4-1)36-27-37(31-13-5-2-6-14-31)42-40(41-36)32-21-19-28(20-22-32)29-23-25-33(26-24-29)43-38-17-9-7-15-34(38)35-16-8-10-18-39(35)43/h1,3-5,7-27H,2,6H2. The van der Waals surface area contributed by atoms with Gasteiger partial charge in [-0.2, -0.15) is 0 Å². The first kappa shape index (κ1) is 25.2. The molecular formula is C40H29N3. The number of allylic oxidation sites excluding steroid dienone is 4. The number of fused-ring (bicyclic) bond motifs is 3. The first-order valence-corrected chi connectivity index (χ1v) is 14.8. The number of benzene rings is 5. The third-order valence-electron chi connectivity index (χ3n) is 8.27. The molecule has 1 aliphatic rings. The zero-order chi connectivity index (χ0) is 28.6. The first-order chi connectivity index (χ1) is 21.3. The van der Waals surface area contributed by atoms with Gasteiger partial charge < -0.3 is 4.57 Å². The summed E-state index contributed by atoms with van der Waals surface area (Å²) in [6.45, 7) is 0. The van der Waals surface area contributed by atoms with Crippen LogP contribution in [0, 0.1) is 0 Å². The van der Waals surface area contributed by atoms with E-state index in [-0.39, 0.29) is 0 Å². The molecule has 0 unspecified atom stereocenters. The number of aromatic nitrogens is 3. The lowest BCUT2D eigenvalue weighted by atomic mass is 10.0. The van der Waals surface area contributed by atoms with Gasteiger partial charge in [0.1, 0.15) is 0 Å². The van der Waals surface area contributed by atoms with E-state index in [0.29, 0.717) is 0 Å². The molecule has 0 bridgehead atoms. The fraction of sp³-hybridized carbons (Fsp3) is 0.0500. The van der Waals surface area contributed by atoms with Crippen molar-refractivity contribution in [3.05, 3.63) is 157 Å². The minimum atomic E-state index is 0.740. The Morgan fingerprint density at radius 2 is 1.07 bits per heavy atom. The van der Waals surface area contributed by atoms with E-state index in [0.717, 1.165) is 58.0 Å². The third-order valence-corrected chi connectivity index (χ3v) is 8.27. The monoisotopic (exact) mass is 551 g/mol. The first-order valence-electron chi connectivity index (χ1n) is 14.8. The Balaban J connectivity index is 1.14. The summed E-state index contributed by atoms with van der Waals surface area (Å²) in [4.78, 5) is 10.0. The average Bonchev–Trinajstić information content (AvgIpc) is 3.43. The second-order valence-corrected chi connectivity index (χ2v) is 11.0. The molecule has 7 aromatic rings. The summed E-state index contributed by atoms with van der Waals surface area (Å²) in [6.07, 6.45) is 8.79. The zero-order valence-corrected chi connectivity index (χ0v) is 23.7. The molecule has 43 heavy (non-hydrogen) atoms. The Kier molecular flexibility index (Phi) is 6.27. The normalized spacial score (nSPS) is 13.0. The van der Waals surface area contributed by atoms with Gasteiger partial charge in [-0.15, -0.1) is 0 Å². The smallest absolute Gasteiger partial charge is 0.160 e. The predicted octanol–water partition coefficient (Wildman–Crippen LogP) is 10.3. The van der Waals surface area contributed by atoms with E-state index < -0.39 is 0 Å². The molecule has 204 valence electrons. The minimum Gasteiger partial charge on any atom is -0.309 e. The van der Waals surface area contributed by atoms with Gasteiger partial charge in [-0.3, -0.25) is 0 Å². The van der Waals surface area contributed by atoms with Crippen LogP contribution >= 0.6 is 0 Å². The predicted molar refractivity (Wildman–Crippen MR) is 179 cm³/mol. The molecule has 8 rings (SSSR count). The molecule has 3 heteroatoms. The third kappa shape index (κ3) is 4.65. The van der Waals surface area contributed by atoms with Crippen LogP contribution in [0.15, 0.2) is 152 Å². The Morgan fingerprint density at radius 3 is 1.72 bits per heavy atom. The van der Waals surface area contributed by atoms with Crippen LogP contribution in [0.5, 0.6) is 0 Å². The molecule has 0 aliphatic heterocycles. The Morgan fingerprint density at radius 1 is 0.488 bits per heavy atom. The molecule has 2 heterocycles. The van der Waals surface area contributed by atoms with Crippen molar-refractivity contribution in [1.29, 1.82) is 0 Å². The molecule has 1 aliphatic carbocycles. The molecule has 5 aromatic carbocycles. The summed E-state index contributed by atoms with van der Waals surface area (Å²) >= 11 is 0. The number of nitrogens with zero attached hydrogens (tertiary/aromatic N) is 3. The topological polar surface area (TPSA) is 30.7 Å². The van der Waals surface area contributed by atoms with Gasteiger partial charge >= 0.3 is 0 Å². The molecule has 0 amide bonds. The van der Waals surface area contributed by atoms with Crippen molar-refractivity contribution in [3.63, 3.8) is 0 Å². The SMILES string of the molecule is C1=CC(c2cc(-c3ccccc3)nc(-c3ccc(-c4ccc(-n5c6ccccc6c6ccccc65)cc4)cc3)n2)=CCC1. The molecule has 0 spiro atoms. The van der Waals surface area contributed by atoms with Gasteiger partial charge in [0.2, 0.25) is 0 Å². The molecule has 0 saturated heterocycles. The number of rotatable bonds is 5. The van der Waals surface area contributed by atoms with Crippen LogP contribution in [-0.2, 0) is 0 Å². The second kappa shape index (κ2) is 10.7. The van der Waals surface area contributed by atoms with E-state index in [2.05, 4.69) is 150 Å². The Labute approximate surface area is 251 Å². The summed E-state index contributed by atoms with van der Waals surface area (Å²) in [6, 6.07) is 47.2. The lowest BCUT2D eigenvalue weighted by Crippen LogP contribution is -1.98. The highest BCUT2D eigenvalue weighted by atomic mass is 15.0. The quantitative estimate of drug-likeness (QED) is 0.213. The van der Waals surface area contributed by atoms with Gasteiger partial charge in [0.25, 0.3) is 0 Å². The number of para-hydroxylation sites is 2. The maximum Gasteiger partial charge on any atom is 0.160 e. The molecule has 0 fully saturated rings. The van der Waals surface area contributed by atoms with Crippen molar-refractivity contribution in [2.24, 2.45) is 0 Å². The van der Waals surface area contributed by atoms with Crippen LogP contribution in [0.2, 0.25) is 0 Å². The average molecular weight is 552 g/mol. The summed E-state index contributed by atoms with van der Waals surface area (Å²) in [5.74, 6) is 0.740. The van der Waals surface area contributed by atoms with Crippen molar-refractivity contribution in [1.82, 2.24) is 14.5 Å². The molecule has 0 N–H and O–H groups in total. The van der Waals surface area contributed by atoms with Crippen molar-refractivity contribution in [2.45, 2.75) is 12.8 Å². The fourth-order valence-electron chi connectivity index (χ4n) is 6.10. The van der Waals surface area contributed by atoms with Gasteiger partial charge in [0, 0.05) is 27.6 Å². The van der Waals surface area contributed by atoms with E-state index in [9.17, 15) is 0 Å². The highest BCUT2D eigenvalue weighted by Crippen LogP contribution is 2.33. The van der Waals surface area contributed by atoms with Crippen LogP contribution in [0.1, 0.15) is 18.5 Å². The van der Waals surface area contributed by atoms with Gasteiger partial charge in [-0.25, -0.2) is 9.97 Å². The number of hydrogen-bond acceptors (Lipinski definition) is 2. The van der Waals surface area contributed by atoms with E-state index in [1.165, 1.54) is 27.4 Å². The van der Waals surface area contributed by atoms with E-state index in [1.807, 2.05) is 6.07 Å². The van der Waals surface area contributed by atoms with Gasteiger partial charge in [-0.05, 0) is 59.9 Å². The van der Waals surface area contributed by atoms with Crippen LogP contribution < -0.4 is 0 Å². The van der Waals surface area contributed by atoms with Crippen molar-refractivity contribution in [2.75, 3.05) is 0 Å². The maximum absolute atomic E-state index is 5.01. The molecular weight excluding hydrogens is 522 g/mol. The second-order valence-electron chi connectivity index (χ2n) is 11.0. The van der Waals surface area contributed by atoms with Crippen LogP contribution in [0.3, 0.4) is 0 Å². The van der Waals surface area contributed by atoms with E-state index in [1.54, 1.807) is 0 Å². The number of hydrogen-bond donors (Lipinski definition) is 0. The largest absolute Gasteiger partial charge is 0.309 e. The van der Waals surface area contributed by atoms with Gasteiger partial charge in [0.15, 0.2) is 5.82 Å². The summed E-state index contributed by atoms with van der Waals surface area (Å²) in [7, 11) is 0. The molecule has 2 aromatic heterocycles. The molecule has 3 nitrogen and oxygen atoms in total. The molecule has 0 atom stereocenters. The van der Waals surface area contributed by atoms with Gasteiger partial charge in [-0.1, -0.05) is 121 Å². The van der Waals surface area contributed by atoms with Crippen molar-refractivity contribution < 1.29 is 0 Å². The minimum absolute atomic E-state index is 0.740. The lowest BCUT2D eigenvalue weighted by molar-refractivity contribution is 1.03. The van der Waals surface area contributed by atoms with E-state index in [4.69, 9.17) is 9.97 Å². The van der Waals surface area contributed by atoms with Gasteiger partial charge in [0.05, 0.1) is 22.4 Å². The Hall–Kier alpha value is -5.54. The fourth-order valence-corrected chi connectivity index (χ4v) is 6.10. The molecule has 0 radical (unpaired) electrons. The van der Waals surface area contributed by atoms with Crippen molar-refractivity contribution >= 4 is 27.4 Å². The zero-order valence-electron chi connectivity index (χ0n) is 23.7. The maximum atomic E-state index is 5.01. The van der Waals surface area contributed by atoms with E-state index >= 15 is 0 Å².